The second-order valence-corrected chi connectivity index (χ2v) is 7.87. The zero-order valence-corrected chi connectivity index (χ0v) is 16.8. The van der Waals surface area contributed by atoms with E-state index in [0.29, 0.717) is 30.5 Å². The Bertz CT molecular complexity index is 935. The van der Waals surface area contributed by atoms with E-state index >= 15 is 0 Å². The van der Waals surface area contributed by atoms with Crippen LogP contribution in [-0.4, -0.2) is 52.8 Å². The van der Waals surface area contributed by atoms with Gasteiger partial charge in [0.1, 0.15) is 12.0 Å². The van der Waals surface area contributed by atoms with Crippen LogP contribution in [-0.2, 0) is 10.5 Å². The van der Waals surface area contributed by atoms with E-state index in [9.17, 15) is 9.90 Å². The third kappa shape index (κ3) is 4.92. The first-order valence-electron chi connectivity index (χ1n) is 9.58. The predicted molar refractivity (Wildman–Crippen MR) is 115 cm³/mol. The zero-order valence-electron chi connectivity index (χ0n) is 16.0. The number of hydrogen-bond donors (Lipinski definition) is 1. The molecule has 0 bridgehead atoms. The van der Waals surface area contributed by atoms with E-state index in [1.54, 1.807) is 30.2 Å². The summed E-state index contributed by atoms with van der Waals surface area (Å²) >= 11 is 1.56. The number of carbonyl (C=O) groups excluding carboxylic acids is 1. The van der Waals surface area contributed by atoms with Crippen molar-refractivity contribution in [1.29, 1.82) is 0 Å². The SMILES string of the molecule is O=C(CSCc1coc(-c2ccccc2)n1)N1CCN(c2ccc(O)cc2)CC1. The number of aromatic hydroxyl groups is 1. The molecular formula is C22H23N3O3S. The number of aromatic nitrogens is 1. The van der Waals surface area contributed by atoms with Gasteiger partial charge in [0, 0.05) is 43.2 Å². The van der Waals surface area contributed by atoms with Crippen LogP contribution in [0.5, 0.6) is 5.75 Å². The molecular weight excluding hydrogens is 386 g/mol. The van der Waals surface area contributed by atoms with E-state index < -0.39 is 0 Å². The van der Waals surface area contributed by atoms with Gasteiger partial charge in [0.05, 0.1) is 11.4 Å². The monoisotopic (exact) mass is 409 g/mol. The highest BCUT2D eigenvalue weighted by molar-refractivity contribution is 7.99. The number of hydrogen-bond acceptors (Lipinski definition) is 6. The fourth-order valence-electron chi connectivity index (χ4n) is 3.30. The highest BCUT2D eigenvalue weighted by atomic mass is 32.2. The first-order valence-corrected chi connectivity index (χ1v) is 10.7. The minimum Gasteiger partial charge on any atom is -0.508 e. The number of phenolic OH excluding ortho intramolecular Hbond substituents is 1. The van der Waals surface area contributed by atoms with Crippen LogP contribution >= 0.6 is 11.8 Å². The van der Waals surface area contributed by atoms with Gasteiger partial charge in [-0.15, -0.1) is 11.8 Å². The van der Waals surface area contributed by atoms with Crippen molar-refractivity contribution < 1.29 is 14.3 Å². The molecule has 1 N–H and O–H groups in total. The average molecular weight is 410 g/mol. The molecule has 6 nitrogen and oxygen atoms in total. The maximum Gasteiger partial charge on any atom is 0.232 e. The Morgan fingerprint density at radius 1 is 1.03 bits per heavy atom. The number of oxazole rings is 1. The van der Waals surface area contributed by atoms with E-state index in [0.717, 1.165) is 30.0 Å². The number of anilines is 1. The average Bonchev–Trinajstić information content (AvgIpc) is 3.24. The molecule has 2 aromatic carbocycles. The molecule has 0 atom stereocenters. The van der Waals surface area contributed by atoms with Crippen molar-refractivity contribution in [2.24, 2.45) is 0 Å². The second-order valence-electron chi connectivity index (χ2n) is 6.89. The second kappa shape index (κ2) is 9.05. The van der Waals surface area contributed by atoms with Crippen molar-refractivity contribution in [2.75, 3.05) is 36.8 Å². The first kappa shape index (κ1) is 19.4. The molecule has 150 valence electrons. The summed E-state index contributed by atoms with van der Waals surface area (Å²) in [6, 6.07) is 17.0. The summed E-state index contributed by atoms with van der Waals surface area (Å²) in [7, 11) is 0. The summed E-state index contributed by atoms with van der Waals surface area (Å²) in [6.45, 7) is 3.01. The van der Waals surface area contributed by atoms with Gasteiger partial charge in [0.15, 0.2) is 0 Å². The van der Waals surface area contributed by atoms with Crippen LogP contribution in [0.3, 0.4) is 0 Å². The highest BCUT2D eigenvalue weighted by Gasteiger charge is 2.21. The third-order valence-corrected chi connectivity index (χ3v) is 5.85. The molecule has 1 saturated heterocycles. The fraction of sp³-hybridized carbons (Fsp3) is 0.273. The molecule has 1 aromatic heterocycles. The summed E-state index contributed by atoms with van der Waals surface area (Å²) < 4.78 is 5.54. The lowest BCUT2D eigenvalue weighted by Gasteiger charge is -2.36. The van der Waals surface area contributed by atoms with Gasteiger partial charge in [-0.3, -0.25) is 4.79 Å². The van der Waals surface area contributed by atoms with E-state index in [1.165, 1.54) is 0 Å². The van der Waals surface area contributed by atoms with Gasteiger partial charge in [0.2, 0.25) is 11.8 Å². The first-order chi connectivity index (χ1) is 14.2. The van der Waals surface area contributed by atoms with Crippen molar-refractivity contribution >= 4 is 23.4 Å². The Labute approximate surface area is 174 Å². The zero-order chi connectivity index (χ0) is 20.1. The Morgan fingerprint density at radius 3 is 2.48 bits per heavy atom. The molecule has 0 saturated carbocycles. The molecule has 2 heterocycles. The number of piperazine rings is 1. The molecule has 1 amide bonds. The summed E-state index contributed by atoms with van der Waals surface area (Å²) in [5.74, 6) is 2.12. The molecule has 0 spiro atoms. The molecule has 4 rings (SSSR count). The largest absolute Gasteiger partial charge is 0.508 e. The fourth-order valence-corrected chi connectivity index (χ4v) is 4.10. The Balaban J connectivity index is 1.22. The van der Waals surface area contributed by atoms with Crippen LogP contribution in [0.1, 0.15) is 5.69 Å². The molecule has 29 heavy (non-hydrogen) atoms. The number of benzene rings is 2. The third-order valence-electron chi connectivity index (χ3n) is 4.90. The Morgan fingerprint density at radius 2 is 1.76 bits per heavy atom. The van der Waals surface area contributed by atoms with E-state index in [2.05, 4.69) is 9.88 Å². The van der Waals surface area contributed by atoms with Crippen LogP contribution in [0.4, 0.5) is 5.69 Å². The van der Waals surface area contributed by atoms with Crippen molar-refractivity contribution in [1.82, 2.24) is 9.88 Å². The minimum absolute atomic E-state index is 0.159. The maximum absolute atomic E-state index is 12.5. The van der Waals surface area contributed by atoms with Crippen molar-refractivity contribution in [3.8, 4) is 17.2 Å². The lowest BCUT2D eigenvalue weighted by molar-refractivity contribution is -0.128. The van der Waals surface area contributed by atoms with Gasteiger partial charge in [-0.2, -0.15) is 0 Å². The Kier molecular flexibility index (Phi) is 6.05. The number of rotatable bonds is 6. The van der Waals surface area contributed by atoms with Crippen LogP contribution in [0.25, 0.3) is 11.5 Å². The molecule has 0 unspecified atom stereocenters. The molecule has 0 radical (unpaired) electrons. The topological polar surface area (TPSA) is 69.8 Å². The molecule has 1 fully saturated rings. The maximum atomic E-state index is 12.5. The van der Waals surface area contributed by atoms with Gasteiger partial charge >= 0.3 is 0 Å². The number of nitrogens with zero attached hydrogens (tertiary/aromatic N) is 3. The number of carbonyl (C=O) groups is 1. The lowest BCUT2D eigenvalue weighted by atomic mass is 10.2. The van der Waals surface area contributed by atoms with Gasteiger partial charge in [-0.25, -0.2) is 4.98 Å². The van der Waals surface area contributed by atoms with Gasteiger partial charge in [-0.05, 0) is 36.4 Å². The molecule has 7 heteroatoms. The Hall–Kier alpha value is -2.93. The molecule has 1 aliphatic rings. The normalized spacial score (nSPS) is 14.2. The van der Waals surface area contributed by atoms with Crippen LogP contribution < -0.4 is 4.90 Å². The number of thioether (sulfide) groups is 1. The lowest BCUT2D eigenvalue weighted by Crippen LogP contribution is -2.49. The quantitative estimate of drug-likeness (QED) is 0.670. The van der Waals surface area contributed by atoms with E-state index in [1.807, 2.05) is 47.4 Å². The van der Waals surface area contributed by atoms with Gasteiger partial charge in [0.25, 0.3) is 0 Å². The standard InChI is InChI=1S/C22H23N3O3S/c26-20-8-6-19(7-9-20)24-10-12-25(13-11-24)21(27)16-29-15-18-14-28-22(23-18)17-4-2-1-3-5-17/h1-9,14,26H,10-13,15-16H2. The minimum atomic E-state index is 0.159. The summed E-state index contributed by atoms with van der Waals surface area (Å²) in [5, 5.41) is 9.41. The van der Waals surface area contributed by atoms with E-state index in [4.69, 9.17) is 4.42 Å². The molecule has 1 aliphatic heterocycles. The smallest absolute Gasteiger partial charge is 0.232 e. The van der Waals surface area contributed by atoms with Crippen molar-refractivity contribution in [3.63, 3.8) is 0 Å². The summed E-state index contributed by atoms with van der Waals surface area (Å²) in [6.07, 6.45) is 1.66. The van der Waals surface area contributed by atoms with Crippen molar-refractivity contribution in [2.45, 2.75) is 5.75 Å². The highest BCUT2D eigenvalue weighted by Crippen LogP contribution is 2.22. The van der Waals surface area contributed by atoms with Crippen LogP contribution in [0.15, 0.2) is 65.3 Å². The summed E-state index contributed by atoms with van der Waals surface area (Å²) in [5.41, 5.74) is 2.87. The van der Waals surface area contributed by atoms with Crippen LogP contribution in [0, 0.1) is 0 Å². The van der Waals surface area contributed by atoms with Gasteiger partial charge < -0.3 is 19.3 Å². The van der Waals surface area contributed by atoms with E-state index in [-0.39, 0.29) is 11.7 Å². The van der Waals surface area contributed by atoms with Crippen molar-refractivity contribution in [3.05, 3.63) is 66.6 Å². The van der Waals surface area contributed by atoms with Gasteiger partial charge in [-0.1, -0.05) is 18.2 Å². The summed E-state index contributed by atoms with van der Waals surface area (Å²) in [4.78, 5) is 21.2. The molecule has 0 aliphatic carbocycles. The predicted octanol–water partition coefficient (Wildman–Crippen LogP) is 3.63. The molecule has 3 aromatic rings. The van der Waals surface area contributed by atoms with Crippen LogP contribution in [0.2, 0.25) is 0 Å². The number of phenols is 1. The number of amides is 1.